The summed E-state index contributed by atoms with van der Waals surface area (Å²) < 4.78 is 82.2. The molecule has 9 rings (SSSR count). The number of amides is 1. The molecule has 0 radical (unpaired) electrons. The quantitative estimate of drug-likeness (QED) is 0.0335. The third-order valence-corrected chi connectivity index (χ3v) is 21.1. The fraction of sp³-hybridized carbons (Fsp3) is 0.459. The van der Waals surface area contributed by atoms with Crippen LogP contribution < -0.4 is 11.2 Å². The molecule has 1 amide bonds. The van der Waals surface area contributed by atoms with E-state index in [1.165, 1.54) is 100 Å². The highest BCUT2D eigenvalue weighted by atomic mass is 127. The second-order valence-electron chi connectivity index (χ2n) is 25.0. The van der Waals surface area contributed by atoms with Gasteiger partial charge in [0.15, 0.2) is 16.2 Å². The molecule has 4 aromatic rings. The number of fused-ring (bicyclic) bond motifs is 2. The van der Waals surface area contributed by atoms with Crippen molar-refractivity contribution in [3.63, 3.8) is 0 Å². The summed E-state index contributed by atoms with van der Waals surface area (Å²) in [5.74, 6) is -2.40. The lowest BCUT2D eigenvalue weighted by atomic mass is 9.75. The SMILES string of the molecule is CC(=O)[C@]12C[C@H]1[C@@](C)(c1cc(B3OC(C)(C)C(C)(C)O3)ccc1F)N=C(N(COCC[Si](C)(C)C)C(=O)OC(C)(C)C)S2.[C-]#[N+]c1ccc(/C(F)=C/I)nc1.[C-]#[N+]c1ccc(/C(F)=C/c2ccc(F)c([C@@]3(C)N=C(N)S[C@@]4(C(C)=O)C[C@H]43)c2)nc1. The van der Waals surface area contributed by atoms with E-state index in [4.69, 9.17) is 42.7 Å². The first-order valence-electron chi connectivity index (χ1n) is 27.4. The second-order valence-corrected chi connectivity index (χ2v) is 33.9. The number of halogens is 5. The molecule has 1 saturated heterocycles. The van der Waals surface area contributed by atoms with Crippen molar-refractivity contribution in [3.05, 3.63) is 140 Å². The Morgan fingerprint density at radius 3 is 1.79 bits per heavy atom. The van der Waals surface area contributed by atoms with Gasteiger partial charge in [-0.25, -0.2) is 36.9 Å². The molecule has 2 aliphatic carbocycles. The summed E-state index contributed by atoms with van der Waals surface area (Å²) >= 11 is 4.30. The van der Waals surface area contributed by atoms with Crippen LogP contribution in [-0.2, 0) is 39.4 Å². The number of nitrogens with zero attached hydrogens (tertiary/aromatic N) is 7. The molecule has 85 heavy (non-hydrogen) atoms. The van der Waals surface area contributed by atoms with Crippen molar-refractivity contribution in [2.45, 2.75) is 152 Å². The number of hydrogen-bond acceptors (Lipinski definition) is 14. The Morgan fingerprint density at radius 1 is 0.800 bits per heavy atom. The number of ether oxygens (including phenoxy) is 2. The normalized spacial score (nSPS) is 25.4. The molecule has 0 bridgehead atoms. The number of benzene rings is 2. The van der Waals surface area contributed by atoms with Crippen LogP contribution in [0.2, 0.25) is 25.7 Å². The molecule has 0 spiro atoms. The zero-order valence-electron chi connectivity index (χ0n) is 50.1. The molecule has 15 nitrogen and oxygen atoms in total. The number of thioether (sulfide) groups is 2. The number of Topliss-reactive ketones (excluding diaryl/α,β-unsaturated/α-hetero) is 2. The summed E-state index contributed by atoms with van der Waals surface area (Å²) in [5, 5.41) is 0.534. The summed E-state index contributed by atoms with van der Waals surface area (Å²) in [6.07, 6.45) is 4.34. The second kappa shape index (κ2) is 25.2. The van der Waals surface area contributed by atoms with E-state index in [0.29, 0.717) is 47.4 Å². The number of aliphatic imine (C=N–C) groups is 2. The van der Waals surface area contributed by atoms with Crippen LogP contribution >= 0.6 is 46.1 Å². The molecule has 3 fully saturated rings. The Hall–Kier alpha value is -5.74. The van der Waals surface area contributed by atoms with Crippen molar-refractivity contribution in [1.82, 2.24) is 14.9 Å². The maximum Gasteiger partial charge on any atom is 0.494 e. The van der Waals surface area contributed by atoms with E-state index < -0.39 is 76.1 Å². The van der Waals surface area contributed by atoms with Crippen molar-refractivity contribution >= 4 is 124 Å². The van der Waals surface area contributed by atoms with Gasteiger partial charge in [-0.1, -0.05) is 73.5 Å². The average molecular weight is 1330 g/mol. The van der Waals surface area contributed by atoms with Gasteiger partial charge in [-0.15, -0.1) is 0 Å². The topological polar surface area (TPSA) is 177 Å². The Kier molecular flexibility index (Phi) is 19.8. The van der Waals surface area contributed by atoms with Crippen LogP contribution in [-0.4, -0.2) is 97.7 Å². The highest BCUT2D eigenvalue weighted by Gasteiger charge is 2.71. The lowest BCUT2D eigenvalue weighted by Crippen LogP contribution is -2.47. The molecule has 3 aliphatic heterocycles. The maximum atomic E-state index is 15.8. The third-order valence-electron chi connectivity index (χ3n) is 15.9. The van der Waals surface area contributed by atoms with Gasteiger partial charge in [0.2, 0.25) is 11.4 Å². The van der Waals surface area contributed by atoms with Crippen LogP contribution in [0, 0.1) is 36.6 Å². The van der Waals surface area contributed by atoms with Gasteiger partial charge in [0, 0.05) is 54.1 Å². The van der Waals surface area contributed by atoms with E-state index in [0.717, 1.165) is 6.04 Å². The van der Waals surface area contributed by atoms with Crippen LogP contribution in [0.15, 0.2) is 87.1 Å². The number of ketones is 2. The number of aromatic nitrogens is 2. The zero-order chi connectivity index (χ0) is 63.0. The van der Waals surface area contributed by atoms with Gasteiger partial charge in [-0.2, -0.15) is 0 Å². The van der Waals surface area contributed by atoms with E-state index in [1.807, 2.05) is 34.6 Å². The Morgan fingerprint density at radius 2 is 1.31 bits per heavy atom. The summed E-state index contributed by atoms with van der Waals surface area (Å²) in [6.45, 7) is 40.7. The first kappa shape index (κ1) is 66.8. The maximum absolute atomic E-state index is 15.8. The fourth-order valence-electron chi connectivity index (χ4n) is 10.1. The van der Waals surface area contributed by atoms with Crippen LogP contribution in [0.1, 0.15) is 117 Å². The predicted molar refractivity (Wildman–Crippen MR) is 341 cm³/mol. The standard InChI is InChI=1S/C31H48BFN2O6SSi.C22H18F2N4OS.C8H4FIN2/c1-20(36)31-18-24(31)30(9,22-17-21(13-14-23(22)33)32-40-28(5,6)29(7,8)41-32)34-25(42-31)35(26(37)39-27(2,3)4)19-38-15-16-43(10,11)12;1-12(29)22-10-19(22)21(2,28-20(25)30-22)15-8-13(4-6-16(15)23)9-17(24)18-7-5-14(26-3)11-27-18;1-11-6-2-3-8(12-5-6)7(9)4-10/h13-14,17,24H,15-16,18-19H2,1-12H3;4-9,11,19H,10H2,1-2H3,(H2,25,28);2-5H/b;17-9-;7-4-/t24-,30+,31+;19-,21+,22+;/m00./s1. The number of carbonyl (C=O) groups is 3. The van der Waals surface area contributed by atoms with Crippen molar-refractivity contribution in [2.75, 3.05) is 13.3 Å². The Balaban J connectivity index is 0.000000212. The molecule has 2 aromatic heterocycles. The van der Waals surface area contributed by atoms with E-state index in [-0.39, 0.29) is 63.2 Å². The molecule has 5 heterocycles. The molecule has 6 atom stereocenters. The lowest BCUT2D eigenvalue weighted by molar-refractivity contribution is -0.118. The van der Waals surface area contributed by atoms with Crippen molar-refractivity contribution in [3.8, 4) is 0 Å². The van der Waals surface area contributed by atoms with E-state index in [9.17, 15) is 27.6 Å². The van der Waals surface area contributed by atoms with Gasteiger partial charge in [-0.3, -0.25) is 29.5 Å². The van der Waals surface area contributed by atoms with Gasteiger partial charge in [0.05, 0.1) is 56.3 Å². The smallest absolute Gasteiger partial charge is 0.443 e. The van der Waals surface area contributed by atoms with Gasteiger partial charge in [0.1, 0.15) is 41.4 Å². The van der Waals surface area contributed by atoms with Crippen molar-refractivity contribution < 1.29 is 50.7 Å². The summed E-state index contributed by atoms with van der Waals surface area (Å²) in [5.41, 5.74) is 4.72. The van der Waals surface area contributed by atoms with Crippen molar-refractivity contribution in [2.24, 2.45) is 27.6 Å². The molecule has 2 saturated carbocycles. The minimum atomic E-state index is -1.38. The van der Waals surface area contributed by atoms with Crippen LogP contribution in [0.5, 0.6) is 0 Å². The van der Waals surface area contributed by atoms with Gasteiger partial charge in [0.25, 0.3) is 0 Å². The molecular formula is C61H70BF4IN8O7S2Si. The number of pyridine rings is 2. The molecule has 5 aliphatic rings. The molecule has 0 unspecified atom stereocenters. The Labute approximate surface area is 518 Å². The number of rotatable bonds is 13. The van der Waals surface area contributed by atoms with Crippen LogP contribution in [0.3, 0.4) is 0 Å². The van der Waals surface area contributed by atoms with Crippen LogP contribution in [0.4, 0.5) is 33.7 Å². The highest BCUT2D eigenvalue weighted by Crippen LogP contribution is 2.68. The first-order chi connectivity index (χ1) is 39.5. The van der Waals surface area contributed by atoms with E-state index in [2.05, 4.69) is 44.3 Å². The summed E-state index contributed by atoms with van der Waals surface area (Å²) in [6, 6.07) is 15.9. The largest absolute Gasteiger partial charge is 0.494 e. The summed E-state index contributed by atoms with van der Waals surface area (Å²) in [4.78, 5) is 63.9. The fourth-order valence-corrected chi connectivity index (χ4v) is 14.1. The van der Waals surface area contributed by atoms with Crippen LogP contribution in [0.25, 0.3) is 27.4 Å². The minimum absolute atomic E-state index is 0.00184. The van der Waals surface area contributed by atoms with E-state index >= 15 is 4.39 Å². The van der Waals surface area contributed by atoms with Crippen molar-refractivity contribution in [1.29, 1.82) is 0 Å². The van der Waals surface area contributed by atoms with Gasteiger partial charge >= 0.3 is 13.2 Å². The molecule has 2 N–H and O–H groups in total. The lowest BCUT2D eigenvalue weighted by Gasteiger charge is -2.37. The molecule has 2 aromatic carbocycles. The third kappa shape index (κ3) is 14.7. The Bertz CT molecular complexity index is 3460. The van der Waals surface area contributed by atoms with Gasteiger partial charge in [-0.05, 0) is 165 Å². The van der Waals surface area contributed by atoms with Gasteiger partial charge < -0.3 is 24.5 Å². The molecule has 24 heteroatoms. The molecule has 450 valence electrons. The predicted octanol–water partition coefficient (Wildman–Crippen LogP) is 14.5. The summed E-state index contributed by atoms with van der Waals surface area (Å²) in [7, 11) is -2.07. The average Bonchev–Trinajstić information content (AvgIpc) is 1.55. The highest BCUT2D eigenvalue weighted by molar-refractivity contribution is 14.1. The first-order valence-corrected chi connectivity index (χ1v) is 34.0. The molecular weight excluding hydrogens is 1260 g/mol. The monoisotopic (exact) mass is 1330 g/mol. The zero-order valence-corrected chi connectivity index (χ0v) is 54.9. The number of amidine groups is 2. The number of hydrogen-bond donors (Lipinski definition) is 1. The number of nitrogens with two attached hydrogens (primary N) is 1. The number of carbonyl (C=O) groups excluding carboxylic acids is 3. The minimum Gasteiger partial charge on any atom is -0.443 e. The van der Waals surface area contributed by atoms with E-state index in [1.54, 1.807) is 75.4 Å².